The third-order valence-electron chi connectivity index (χ3n) is 4.46. The van der Waals surface area contributed by atoms with E-state index in [0.29, 0.717) is 33.9 Å². The molecule has 3 aromatic rings. The predicted molar refractivity (Wildman–Crippen MR) is 123 cm³/mol. The second kappa shape index (κ2) is 11.7. The molecule has 172 valence electrons. The predicted octanol–water partition coefficient (Wildman–Crippen LogP) is 3.32. The average molecular weight is 459 g/mol. The molecule has 0 aliphatic rings. The third kappa shape index (κ3) is 6.34. The zero-order valence-corrected chi connectivity index (χ0v) is 18.5. The lowest BCUT2D eigenvalue weighted by atomic mass is 10.2. The van der Waals surface area contributed by atoms with Gasteiger partial charge in [-0.2, -0.15) is 10.4 Å². The van der Waals surface area contributed by atoms with E-state index in [1.165, 1.54) is 20.4 Å². The van der Waals surface area contributed by atoms with Crippen molar-refractivity contribution in [1.29, 1.82) is 5.26 Å². The highest BCUT2D eigenvalue weighted by molar-refractivity contribution is 5.92. The van der Waals surface area contributed by atoms with Crippen LogP contribution < -0.4 is 24.4 Å². The van der Waals surface area contributed by atoms with E-state index in [9.17, 15) is 9.59 Å². The van der Waals surface area contributed by atoms with Crippen molar-refractivity contribution in [3.05, 3.63) is 83.4 Å². The molecule has 0 radical (unpaired) electrons. The van der Waals surface area contributed by atoms with Crippen LogP contribution in [0.3, 0.4) is 0 Å². The van der Waals surface area contributed by atoms with E-state index >= 15 is 0 Å². The van der Waals surface area contributed by atoms with Crippen molar-refractivity contribution in [2.75, 3.05) is 20.8 Å². The van der Waals surface area contributed by atoms with Gasteiger partial charge in [0.25, 0.3) is 5.91 Å². The summed E-state index contributed by atoms with van der Waals surface area (Å²) < 4.78 is 21.2. The standard InChI is InChI=1S/C25H21N3O6/c1-31-20-8-5-7-18(13-20)25(30)34-22-11-10-17(12-23(22)32-2)15-27-28-24(29)16-33-21-9-4-3-6-19(21)14-26/h3-13,15H,16H2,1-2H3,(H,28,29)/b27-15+. The first-order valence-corrected chi connectivity index (χ1v) is 10.0. The Kier molecular flexibility index (Phi) is 8.19. The Morgan fingerprint density at radius 2 is 1.79 bits per heavy atom. The van der Waals surface area contributed by atoms with Crippen LogP contribution in [0.4, 0.5) is 0 Å². The summed E-state index contributed by atoms with van der Waals surface area (Å²) in [7, 11) is 2.95. The van der Waals surface area contributed by atoms with Crippen molar-refractivity contribution in [2.45, 2.75) is 0 Å². The molecule has 0 saturated carbocycles. The summed E-state index contributed by atoms with van der Waals surface area (Å²) in [5, 5.41) is 12.9. The fourth-order valence-corrected chi connectivity index (χ4v) is 2.80. The van der Waals surface area contributed by atoms with Crippen molar-refractivity contribution in [3.8, 4) is 29.1 Å². The molecule has 0 aromatic heterocycles. The quantitative estimate of drug-likeness (QED) is 0.226. The minimum absolute atomic E-state index is 0.223. The minimum atomic E-state index is -0.566. The summed E-state index contributed by atoms with van der Waals surface area (Å²) in [5.41, 5.74) is 3.59. The number of esters is 1. The number of rotatable bonds is 9. The monoisotopic (exact) mass is 459 g/mol. The molecule has 0 spiro atoms. The molecule has 0 heterocycles. The Bertz CT molecular complexity index is 1250. The molecule has 0 bridgehead atoms. The number of hydrogen-bond acceptors (Lipinski definition) is 8. The largest absolute Gasteiger partial charge is 0.497 e. The lowest BCUT2D eigenvalue weighted by molar-refractivity contribution is -0.123. The summed E-state index contributed by atoms with van der Waals surface area (Å²) in [5.74, 6) is 0.315. The number of hydrogen-bond donors (Lipinski definition) is 1. The van der Waals surface area contributed by atoms with Gasteiger partial charge < -0.3 is 18.9 Å². The number of benzene rings is 3. The van der Waals surface area contributed by atoms with Gasteiger partial charge in [-0.1, -0.05) is 18.2 Å². The van der Waals surface area contributed by atoms with Crippen LogP contribution in [-0.2, 0) is 4.79 Å². The van der Waals surface area contributed by atoms with E-state index in [2.05, 4.69) is 10.5 Å². The second-order valence-corrected chi connectivity index (χ2v) is 6.72. The lowest BCUT2D eigenvalue weighted by Crippen LogP contribution is -2.24. The molecule has 3 aromatic carbocycles. The zero-order valence-electron chi connectivity index (χ0n) is 18.5. The lowest BCUT2D eigenvalue weighted by Gasteiger charge is -2.10. The van der Waals surface area contributed by atoms with E-state index in [1.807, 2.05) is 6.07 Å². The summed E-state index contributed by atoms with van der Waals surface area (Å²) >= 11 is 0. The van der Waals surface area contributed by atoms with Gasteiger partial charge in [0, 0.05) is 0 Å². The number of para-hydroxylation sites is 1. The Balaban J connectivity index is 1.58. The minimum Gasteiger partial charge on any atom is -0.497 e. The third-order valence-corrected chi connectivity index (χ3v) is 4.46. The first kappa shape index (κ1) is 23.8. The molecule has 9 heteroatoms. The van der Waals surface area contributed by atoms with Gasteiger partial charge in [-0.15, -0.1) is 0 Å². The van der Waals surface area contributed by atoms with Gasteiger partial charge in [0.2, 0.25) is 0 Å². The molecule has 0 atom stereocenters. The van der Waals surface area contributed by atoms with Crippen molar-refractivity contribution in [3.63, 3.8) is 0 Å². The maximum atomic E-state index is 12.4. The average Bonchev–Trinajstić information content (AvgIpc) is 2.88. The first-order chi connectivity index (χ1) is 16.5. The Labute approximate surface area is 196 Å². The van der Waals surface area contributed by atoms with Crippen LogP contribution in [0.15, 0.2) is 71.8 Å². The van der Waals surface area contributed by atoms with Gasteiger partial charge in [-0.05, 0) is 54.1 Å². The SMILES string of the molecule is COc1cccc(C(=O)Oc2ccc(/C=N/NC(=O)COc3ccccc3C#N)cc2OC)c1. The number of nitriles is 1. The molecule has 0 aliphatic carbocycles. The summed E-state index contributed by atoms with van der Waals surface area (Å²) in [6, 6.07) is 20.0. The van der Waals surface area contributed by atoms with Crippen molar-refractivity contribution in [1.82, 2.24) is 5.43 Å². The number of ether oxygens (including phenoxy) is 4. The van der Waals surface area contributed by atoms with Crippen LogP contribution in [0.1, 0.15) is 21.5 Å². The molecule has 0 unspecified atom stereocenters. The zero-order chi connectivity index (χ0) is 24.3. The van der Waals surface area contributed by atoms with Gasteiger partial charge >= 0.3 is 5.97 Å². The van der Waals surface area contributed by atoms with Crippen molar-refractivity contribution in [2.24, 2.45) is 5.10 Å². The number of nitrogens with one attached hydrogen (secondary N) is 1. The van der Waals surface area contributed by atoms with Crippen molar-refractivity contribution >= 4 is 18.1 Å². The molecular weight excluding hydrogens is 438 g/mol. The van der Waals surface area contributed by atoms with Crippen LogP contribution in [0.2, 0.25) is 0 Å². The smallest absolute Gasteiger partial charge is 0.343 e. The Hall–Kier alpha value is -4.84. The van der Waals surface area contributed by atoms with Crippen LogP contribution in [0, 0.1) is 11.3 Å². The van der Waals surface area contributed by atoms with Gasteiger partial charge in [0.05, 0.1) is 31.6 Å². The Morgan fingerprint density at radius 1 is 0.971 bits per heavy atom. The summed E-state index contributed by atoms with van der Waals surface area (Å²) in [6.45, 7) is -0.307. The fraction of sp³-hybridized carbons (Fsp3) is 0.120. The molecule has 34 heavy (non-hydrogen) atoms. The van der Waals surface area contributed by atoms with Crippen LogP contribution in [0.5, 0.6) is 23.0 Å². The van der Waals surface area contributed by atoms with E-state index in [0.717, 1.165) is 0 Å². The highest BCUT2D eigenvalue weighted by Crippen LogP contribution is 2.28. The molecule has 3 rings (SSSR count). The Morgan fingerprint density at radius 3 is 2.56 bits per heavy atom. The molecule has 1 N–H and O–H groups in total. The molecule has 0 saturated heterocycles. The van der Waals surface area contributed by atoms with E-state index < -0.39 is 11.9 Å². The van der Waals surface area contributed by atoms with Crippen LogP contribution >= 0.6 is 0 Å². The topological polar surface area (TPSA) is 119 Å². The molecule has 9 nitrogen and oxygen atoms in total. The second-order valence-electron chi connectivity index (χ2n) is 6.72. The molecule has 0 fully saturated rings. The maximum Gasteiger partial charge on any atom is 0.343 e. The van der Waals surface area contributed by atoms with Gasteiger partial charge in [-0.25, -0.2) is 10.2 Å². The van der Waals surface area contributed by atoms with E-state index in [1.54, 1.807) is 66.7 Å². The van der Waals surface area contributed by atoms with Gasteiger partial charge in [-0.3, -0.25) is 4.79 Å². The fourth-order valence-electron chi connectivity index (χ4n) is 2.80. The number of hydrazone groups is 1. The molecular formula is C25H21N3O6. The van der Waals surface area contributed by atoms with E-state index in [4.69, 9.17) is 24.2 Å². The van der Waals surface area contributed by atoms with Gasteiger partial charge in [0.1, 0.15) is 17.6 Å². The number of amides is 1. The molecule has 1 amide bonds. The van der Waals surface area contributed by atoms with Gasteiger partial charge in [0.15, 0.2) is 18.1 Å². The number of carbonyl (C=O) groups is 2. The number of nitrogens with zero attached hydrogens (tertiary/aromatic N) is 2. The van der Waals surface area contributed by atoms with Crippen LogP contribution in [0.25, 0.3) is 0 Å². The highest BCUT2D eigenvalue weighted by Gasteiger charge is 2.13. The summed E-state index contributed by atoms with van der Waals surface area (Å²) in [4.78, 5) is 24.4. The van der Waals surface area contributed by atoms with E-state index in [-0.39, 0.29) is 12.4 Å². The number of methoxy groups -OCH3 is 2. The molecule has 0 aliphatic heterocycles. The normalized spacial score (nSPS) is 10.3. The van der Waals surface area contributed by atoms with Crippen molar-refractivity contribution < 1.29 is 28.5 Å². The number of carbonyl (C=O) groups excluding carboxylic acids is 2. The summed E-state index contributed by atoms with van der Waals surface area (Å²) in [6.07, 6.45) is 1.40. The first-order valence-electron chi connectivity index (χ1n) is 10.0. The van der Waals surface area contributed by atoms with Crippen LogP contribution in [-0.4, -0.2) is 38.9 Å². The maximum absolute atomic E-state index is 12.4. The highest BCUT2D eigenvalue weighted by atomic mass is 16.6.